The number of nitrogens with zero attached hydrogens (tertiary/aromatic N) is 3. The second-order valence-corrected chi connectivity index (χ2v) is 3.54. The second kappa shape index (κ2) is 4.50. The molecule has 0 fully saturated rings. The Labute approximate surface area is 101 Å². The van der Waals surface area contributed by atoms with E-state index in [2.05, 4.69) is 5.10 Å². The van der Waals surface area contributed by atoms with Crippen molar-refractivity contribution in [3.63, 3.8) is 0 Å². The smallest absolute Gasteiger partial charge is 0.258 e. The summed E-state index contributed by atoms with van der Waals surface area (Å²) in [6.45, 7) is 0. The maximum absolute atomic E-state index is 12.9. The fourth-order valence-corrected chi connectivity index (χ4v) is 1.55. The van der Waals surface area contributed by atoms with Gasteiger partial charge in [-0.3, -0.25) is 10.1 Å². The summed E-state index contributed by atoms with van der Waals surface area (Å²) in [5.74, 6) is -0.452. The van der Waals surface area contributed by atoms with Crippen molar-refractivity contribution < 1.29 is 9.31 Å². The molecule has 1 heterocycles. The number of alkyl halides is 1. The predicted octanol–water partition coefficient (Wildman–Crippen LogP) is 2.66. The summed E-state index contributed by atoms with van der Waals surface area (Å²) in [7, 11) is 0. The monoisotopic (exact) mass is 255 g/mol. The van der Waals surface area contributed by atoms with Gasteiger partial charge >= 0.3 is 0 Å². The molecule has 0 unspecified atom stereocenters. The summed E-state index contributed by atoms with van der Waals surface area (Å²) in [5.41, 5.74) is 0.451. The molecular weight excluding hydrogens is 249 g/mol. The molecule has 1 aromatic heterocycles. The van der Waals surface area contributed by atoms with Crippen LogP contribution in [0.25, 0.3) is 5.69 Å². The van der Waals surface area contributed by atoms with Crippen molar-refractivity contribution in [2.24, 2.45) is 0 Å². The maximum atomic E-state index is 12.9. The average Bonchev–Trinajstić information content (AvgIpc) is 2.77. The number of benzene rings is 1. The van der Waals surface area contributed by atoms with E-state index in [0.29, 0.717) is 5.69 Å². The Morgan fingerprint density at radius 3 is 2.82 bits per heavy atom. The van der Waals surface area contributed by atoms with Crippen LogP contribution in [0.3, 0.4) is 0 Å². The third kappa shape index (κ3) is 2.26. The van der Waals surface area contributed by atoms with Crippen molar-refractivity contribution >= 4 is 17.3 Å². The number of rotatable bonds is 3. The molecule has 0 aliphatic carbocycles. The van der Waals surface area contributed by atoms with E-state index < -0.39 is 10.7 Å². The van der Waals surface area contributed by atoms with Gasteiger partial charge in [-0.25, -0.2) is 9.07 Å². The molecule has 2 rings (SSSR count). The van der Waals surface area contributed by atoms with Gasteiger partial charge < -0.3 is 0 Å². The lowest BCUT2D eigenvalue weighted by molar-refractivity contribution is -0.384. The van der Waals surface area contributed by atoms with Crippen LogP contribution in [0.15, 0.2) is 30.5 Å². The first-order chi connectivity index (χ1) is 8.11. The van der Waals surface area contributed by atoms with Crippen LogP contribution in [0.2, 0.25) is 0 Å². The third-order valence-corrected chi connectivity index (χ3v) is 2.44. The summed E-state index contributed by atoms with van der Waals surface area (Å²) in [6.07, 6.45) is 1.54. The molecule has 7 heteroatoms. The van der Waals surface area contributed by atoms with E-state index in [1.807, 2.05) is 0 Å². The largest absolute Gasteiger partial charge is 0.297 e. The van der Waals surface area contributed by atoms with Gasteiger partial charge in [0.15, 0.2) is 0 Å². The van der Waals surface area contributed by atoms with Gasteiger partial charge in [-0.15, -0.1) is 11.6 Å². The number of aromatic nitrogens is 2. The fraction of sp³-hybridized carbons (Fsp3) is 0.100. The first-order valence-corrected chi connectivity index (χ1v) is 5.20. The van der Waals surface area contributed by atoms with Crippen LogP contribution < -0.4 is 0 Å². The number of hydrogen-bond acceptors (Lipinski definition) is 3. The van der Waals surface area contributed by atoms with Crippen LogP contribution in [-0.4, -0.2) is 14.7 Å². The number of halogens is 2. The molecule has 0 aliphatic heterocycles. The van der Waals surface area contributed by atoms with Crippen LogP contribution in [0.1, 0.15) is 5.69 Å². The highest BCUT2D eigenvalue weighted by Crippen LogP contribution is 2.23. The molecule has 0 saturated carbocycles. The summed E-state index contributed by atoms with van der Waals surface area (Å²) in [5, 5.41) is 14.8. The molecule has 88 valence electrons. The normalized spacial score (nSPS) is 10.5. The Hall–Kier alpha value is -1.95. The first kappa shape index (κ1) is 11.5. The zero-order chi connectivity index (χ0) is 12.4. The van der Waals surface area contributed by atoms with Gasteiger partial charge in [-0.1, -0.05) is 0 Å². The minimum Gasteiger partial charge on any atom is -0.258 e. The fourth-order valence-electron chi connectivity index (χ4n) is 1.40. The molecule has 2 aromatic rings. The lowest BCUT2D eigenvalue weighted by Crippen LogP contribution is -2.01. The molecule has 5 nitrogen and oxygen atoms in total. The Morgan fingerprint density at radius 2 is 2.24 bits per heavy atom. The van der Waals surface area contributed by atoms with Gasteiger partial charge in [0.25, 0.3) is 5.69 Å². The van der Waals surface area contributed by atoms with Crippen molar-refractivity contribution in [1.82, 2.24) is 9.78 Å². The van der Waals surface area contributed by atoms with Gasteiger partial charge in [0.1, 0.15) is 11.5 Å². The zero-order valence-corrected chi connectivity index (χ0v) is 9.26. The van der Waals surface area contributed by atoms with Crippen molar-refractivity contribution in [2.75, 3.05) is 0 Å². The Balaban J connectivity index is 2.54. The summed E-state index contributed by atoms with van der Waals surface area (Å²) >= 11 is 5.59. The number of hydrogen-bond donors (Lipinski definition) is 0. The lowest BCUT2D eigenvalue weighted by atomic mass is 10.2. The lowest BCUT2D eigenvalue weighted by Gasteiger charge is -2.02. The van der Waals surface area contributed by atoms with Crippen LogP contribution >= 0.6 is 11.6 Å². The van der Waals surface area contributed by atoms with Crippen LogP contribution in [-0.2, 0) is 5.88 Å². The second-order valence-electron chi connectivity index (χ2n) is 3.28. The molecule has 0 spiro atoms. The van der Waals surface area contributed by atoms with E-state index in [0.717, 1.165) is 12.1 Å². The number of nitro groups is 1. The predicted molar refractivity (Wildman–Crippen MR) is 59.7 cm³/mol. The highest BCUT2D eigenvalue weighted by Gasteiger charge is 2.17. The topological polar surface area (TPSA) is 61.0 Å². The van der Waals surface area contributed by atoms with Gasteiger partial charge in [-0.05, 0) is 18.2 Å². The molecule has 0 radical (unpaired) electrons. The van der Waals surface area contributed by atoms with E-state index in [1.54, 1.807) is 6.07 Å². The molecule has 0 aliphatic rings. The number of nitro benzene ring substituents is 1. The molecule has 0 bridgehead atoms. The van der Waals surface area contributed by atoms with Gasteiger partial charge in [0, 0.05) is 6.20 Å². The molecule has 17 heavy (non-hydrogen) atoms. The van der Waals surface area contributed by atoms with Crippen LogP contribution in [0.4, 0.5) is 10.1 Å². The maximum Gasteiger partial charge on any atom is 0.297 e. The highest BCUT2D eigenvalue weighted by atomic mass is 35.5. The van der Waals surface area contributed by atoms with Crippen molar-refractivity contribution in [3.8, 4) is 5.69 Å². The van der Waals surface area contributed by atoms with E-state index >= 15 is 0 Å². The van der Waals surface area contributed by atoms with Crippen molar-refractivity contribution in [2.45, 2.75) is 5.88 Å². The highest BCUT2D eigenvalue weighted by molar-refractivity contribution is 6.16. The first-order valence-electron chi connectivity index (χ1n) is 4.66. The minimum absolute atomic E-state index is 0.202. The molecule has 0 N–H and O–H groups in total. The molecule has 0 amide bonds. The Kier molecular flexibility index (Phi) is 3.06. The SMILES string of the molecule is O=[N+]([O-])c1cc(F)ccc1-n1ccc(CCl)n1. The molecule has 0 saturated heterocycles. The van der Waals surface area contributed by atoms with Crippen molar-refractivity contribution in [3.05, 3.63) is 52.1 Å². The zero-order valence-electron chi connectivity index (χ0n) is 8.51. The molecule has 1 aromatic carbocycles. The van der Waals surface area contributed by atoms with Crippen molar-refractivity contribution in [1.29, 1.82) is 0 Å². The summed E-state index contributed by atoms with van der Waals surface area (Å²) in [6, 6.07) is 4.94. The Bertz CT molecular complexity index is 570. The van der Waals surface area contributed by atoms with Gasteiger partial charge in [0.05, 0.1) is 22.6 Å². The van der Waals surface area contributed by atoms with Gasteiger partial charge in [0.2, 0.25) is 0 Å². The van der Waals surface area contributed by atoms with E-state index in [-0.39, 0.29) is 17.3 Å². The third-order valence-electron chi connectivity index (χ3n) is 2.16. The standard InChI is InChI=1S/C10H7ClFN3O2/c11-6-8-3-4-14(13-8)9-2-1-7(12)5-10(9)15(16)17/h1-5H,6H2. The van der Waals surface area contributed by atoms with E-state index in [4.69, 9.17) is 11.6 Å². The van der Waals surface area contributed by atoms with Crippen LogP contribution in [0.5, 0.6) is 0 Å². The van der Waals surface area contributed by atoms with Crippen LogP contribution in [0, 0.1) is 15.9 Å². The average molecular weight is 256 g/mol. The minimum atomic E-state index is -0.662. The summed E-state index contributed by atoms with van der Waals surface area (Å²) in [4.78, 5) is 10.1. The van der Waals surface area contributed by atoms with E-state index in [1.165, 1.54) is 16.9 Å². The van der Waals surface area contributed by atoms with E-state index in [9.17, 15) is 14.5 Å². The summed E-state index contributed by atoms with van der Waals surface area (Å²) < 4.78 is 14.2. The molecule has 0 atom stereocenters. The molecular formula is C10H7ClFN3O2. The van der Waals surface area contributed by atoms with Gasteiger partial charge in [-0.2, -0.15) is 5.10 Å². The Morgan fingerprint density at radius 1 is 1.47 bits per heavy atom. The quantitative estimate of drug-likeness (QED) is 0.481.